The van der Waals surface area contributed by atoms with Gasteiger partial charge in [0.05, 0.1) is 5.92 Å². The Morgan fingerprint density at radius 3 is 2.30 bits per heavy atom. The van der Waals surface area contributed by atoms with Crippen molar-refractivity contribution in [2.24, 2.45) is 5.92 Å². The van der Waals surface area contributed by atoms with Gasteiger partial charge < -0.3 is 14.7 Å². The lowest BCUT2D eigenvalue weighted by atomic mass is 10.1. The quantitative estimate of drug-likeness (QED) is 0.787. The molecule has 0 saturated carbocycles. The number of hydrogen-bond acceptors (Lipinski definition) is 4. The lowest BCUT2D eigenvalue weighted by Crippen LogP contribution is -2.44. The SMILES string of the molecule is CC(C)(C)N1CC(C(=O)N2CCCN(C(=O)c3ccncc3)CC2)CC1=O. The Balaban J connectivity index is 1.60. The summed E-state index contributed by atoms with van der Waals surface area (Å²) in [6.07, 6.45) is 4.25. The largest absolute Gasteiger partial charge is 0.341 e. The Hall–Kier alpha value is -2.44. The number of nitrogens with zero attached hydrogens (tertiary/aromatic N) is 4. The Kier molecular flexibility index (Phi) is 5.48. The molecule has 3 amide bonds. The second-order valence-corrected chi connectivity index (χ2v) is 8.28. The van der Waals surface area contributed by atoms with Gasteiger partial charge in [-0.05, 0) is 39.3 Å². The summed E-state index contributed by atoms with van der Waals surface area (Å²) in [5, 5.41) is 0. The third-order valence-electron chi connectivity index (χ3n) is 5.31. The van der Waals surface area contributed by atoms with Gasteiger partial charge in [0.1, 0.15) is 0 Å². The van der Waals surface area contributed by atoms with Crippen LogP contribution in [0.2, 0.25) is 0 Å². The molecular formula is C20H28N4O3. The van der Waals surface area contributed by atoms with Gasteiger partial charge >= 0.3 is 0 Å². The van der Waals surface area contributed by atoms with Gasteiger partial charge in [0.15, 0.2) is 0 Å². The predicted molar refractivity (Wildman–Crippen MR) is 101 cm³/mol. The highest BCUT2D eigenvalue weighted by molar-refractivity contribution is 5.94. The van der Waals surface area contributed by atoms with Crippen molar-refractivity contribution >= 4 is 17.7 Å². The first kappa shape index (κ1) is 19.3. The minimum atomic E-state index is -0.279. The maximum absolute atomic E-state index is 13.0. The van der Waals surface area contributed by atoms with Crippen molar-refractivity contribution in [3.63, 3.8) is 0 Å². The number of amides is 3. The zero-order valence-electron chi connectivity index (χ0n) is 16.4. The topological polar surface area (TPSA) is 73.8 Å². The normalized spacial score (nSPS) is 21.4. The van der Waals surface area contributed by atoms with E-state index in [-0.39, 0.29) is 35.6 Å². The van der Waals surface area contributed by atoms with Gasteiger partial charge in [0, 0.05) is 62.6 Å². The van der Waals surface area contributed by atoms with Crippen LogP contribution < -0.4 is 0 Å². The molecule has 0 radical (unpaired) electrons. The Bertz CT molecular complexity index is 714. The van der Waals surface area contributed by atoms with Crippen molar-refractivity contribution < 1.29 is 14.4 Å². The summed E-state index contributed by atoms with van der Waals surface area (Å²) in [6, 6.07) is 3.42. The summed E-state index contributed by atoms with van der Waals surface area (Å²) >= 11 is 0. The molecule has 2 aliphatic rings. The number of aromatic nitrogens is 1. The first-order valence-corrected chi connectivity index (χ1v) is 9.56. The van der Waals surface area contributed by atoms with Crippen LogP contribution in [0.15, 0.2) is 24.5 Å². The van der Waals surface area contributed by atoms with E-state index in [4.69, 9.17) is 0 Å². The van der Waals surface area contributed by atoms with E-state index in [0.717, 1.165) is 6.42 Å². The molecule has 3 heterocycles. The van der Waals surface area contributed by atoms with Crippen LogP contribution in [0.25, 0.3) is 0 Å². The molecule has 27 heavy (non-hydrogen) atoms. The minimum Gasteiger partial charge on any atom is -0.341 e. The molecule has 1 atom stereocenters. The van der Waals surface area contributed by atoms with Crippen molar-refractivity contribution in [2.45, 2.75) is 39.2 Å². The first-order valence-electron chi connectivity index (χ1n) is 9.56. The van der Waals surface area contributed by atoms with Gasteiger partial charge in [-0.15, -0.1) is 0 Å². The highest BCUT2D eigenvalue weighted by atomic mass is 16.2. The highest BCUT2D eigenvalue weighted by Crippen LogP contribution is 2.27. The van der Waals surface area contributed by atoms with E-state index in [2.05, 4.69) is 4.98 Å². The number of carbonyl (C=O) groups excluding carboxylic acids is 3. The van der Waals surface area contributed by atoms with Crippen LogP contribution in [0.5, 0.6) is 0 Å². The summed E-state index contributed by atoms with van der Waals surface area (Å²) in [5.74, 6) is -0.223. The van der Waals surface area contributed by atoms with Gasteiger partial charge in [-0.3, -0.25) is 19.4 Å². The molecule has 7 heteroatoms. The van der Waals surface area contributed by atoms with Crippen molar-refractivity contribution in [2.75, 3.05) is 32.7 Å². The molecule has 2 saturated heterocycles. The van der Waals surface area contributed by atoms with Crippen molar-refractivity contribution in [1.82, 2.24) is 19.7 Å². The number of carbonyl (C=O) groups is 3. The van der Waals surface area contributed by atoms with E-state index in [1.165, 1.54) is 0 Å². The molecule has 0 spiro atoms. The van der Waals surface area contributed by atoms with Crippen LogP contribution >= 0.6 is 0 Å². The maximum Gasteiger partial charge on any atom is 0.254 e. The van der Waals surface area contributed by atoms with Gasteiger partial charge in [-0.2, -0.15) is 0 Å². The van der Waals surface area contributed by atoms with E-state index >= 15 is 0 Å². The number of likely N-dealkylation sites (tertiary alicyclic amines) is 1. The summed E-state index contributed by atoms with van der Waals surface area (Å²) in [6.45, 7) is 8.73. The second kappa shape index (κ2) is 7.66. The fourth-order valence-electron chi connectivity index (χ4n) is 3.80. The van der Waals surface area contributed by atoms with Crippen LogP contribution in [0.4, 0.5) is 0 Å². The molecule has 1 unspecified atom stereocenters. The van der Waals surface area contributed by atoms with Gasteiger partial charge in [-0.25, -0.2) is 0 Å². The molecule has 0 aliphatic carbocycles. The number of rotatable bonds is 2. The third-order valence-corrected chi connectivity index (χ3v) is 5.31. The molecule has 0 aromatic carbocycles. The molecule has 1 aromatic heterocycles. The standard InChI is InChI=1S/C20H28N4O3/c1-20(2,3)24-14-16(13-17(24)25)19(27)23-10-4-9-22(11-12-23)18(26)15-5-7-21-8-6-15/h5-8,16H,4,9-14H2,1-3H3. The Morgan fingerprint density at radius 2 is 1.67 bits per heavy atom. The van der Waals surface area contributed by atoms with Crippen molar-refractivity contribution in [1.29, 1.82) is 0 Å². The molecule has 7 nitrogen and oxygen atoms in total. The van der Waals surface area contributed by atoms with Crippen LogP contribution in [-0.4, -0.2) is 75.7 Å². The Morgan fingerprint density at radius 1 is 1.04 bits per heavy atom. The monoisotopic (exact) mass is 372 g/mol. The molecule has 0 N–H and O–H groups in total. The zero-order valence-corrected chi connectivity index (χ0v) is 16.4. The summed E-state index contributed by atoms with van der Waals surface area (Å²) in [7, 11) is 0. The molecule has 2 aliphatic heterocycles. The van der Waals surface area contributed by atoms with Gasteiger partial charge in [0.2, 0.25) is 11.8 Å². The summed E-state index contributed by atoms with van der Waals surface area (Å²) in [4.78, 5) is 47.2. The molecule has 2 fully saturated rings. The highest BCUT2D eigenvalue weighted by Gasteiger charge is 2.41. The molecular weight excluding hydrogens is 344 g/mol. The zero-order chi connectivity index (χ0) is 19.6. The smallest absolute Gasteiger partial charge is 0.254 e. The van der Waals surface area contributed by atoms with Crippen LogP contribution in [-0.2, 0) is 9.59 Å². The molecule has 146 valence electrons. The third kappa shape index (κ3) is 4.28. The summed E-state index contributed by atoms with van der Waals surface area (Å²) < 4.78 is 0. The Labute approximate surface area is 160 Å². The lowest BCUT2D eigenvalue weighted by molar-refractivity contribution is -0.135. The van der Waals surface area contributed by atoms with E-state index < -0.39 is 0 Å². The summed E-state index contributed by atoms with van der Waals surface area (Å²) in [5.41, 5.74) is 0.352. The van der Waals surface area contributed by atoms with Crippen molar-refractivity contribution in [3.05, 3.63) is 30.1 Å². The number of pyridine rings is 1. The molecule has 1 aromatic rings. The lowest BCUT2D eigenvalue weighted by Gasteiger charge is -2.32. The number of hydrogen-bond donors (Lipinski definition) is 0. The van der Waals surface area contributed by atoms with Crippen LogP contribution in [0, 0.1) is 5.92 Å². The molecule has 0 bridgehead atoms. The predicted octanol–water partition coefficient (Wildman–Crippen LogP) is 1.40. The fraction of sp³-hybridized carbons (Fsp3) is 0.600. The first-order chi connectivity index (χ1) is 12.8. The second-order valence-electron chi connectivity index (χ2n) is 8.28. The van der Waals surface area contributed by atoms with E-state index in [9.17, 15) is 14.4 Å². The average Bonchev–Trinajstić information content (AvgIpc) is 2.88. The fourth-order valence-corrected chi connectivity index (χ4v) is 3.80. The van der Waals surface area contributed by atoms with Gasteiger partial charge in [0.25, 0.3) is 5.91 Å². The van der Waals surface area contributed by atoms with E-state index in [1.54, 1.807) is 34.3 Å². The van der Waals surface area contributed by atoms with Crippen LogP contribution in [0.3, 0.4) is 0 Å². The van der Waals surface area contributed by atoms with E-state index in [1.807, 2.05) is 25.7 Å². The molecule has 3 rings (SSSR count). The minimum absolute atomic E-state index is 0.0262. The van der Waals surface area contributed by atoms with Crippen molar-refractivity contribution in [3.8, 4) is 0 Å². The van der Waals surface area contributed by atoms with Crippen LogP contribution in [0.1, 0.15) is 44.0 Å². The van der Waals surface area contributed by atoms with Gasteiger partial charge in [-0.1, -0.05) is 0 Å². The average molecular weight is 372 g/mol. The maximum atomic E-state index is 13.0. The van der Waals surface area contributed by atoms with E-state index in [0.29, 0.717) is 38.3 Å².